The summed E-state index contributed by atoms with van der Waals surface area (Å²) in [4.78, 5) is 14.4. The minimum Gasteiger partial charge on any atom is -0.468 e. The molecular formula is C16H22N4O3. The summed E-state index contributed by atoms with van der Waals surface area (Å²) in [6.45, 7) is 4.31. The Hall–Kier alpha value is -2.28. The molecule has 7 heteroatoms. The Labute approximate surface area is 135 Å². The molecule has 2 N–H and O–H groups in total. The van der Waals surface area contributed by atoms with Crippen molar-refractivity contribution in [2.45, 2.75) is 32.2 Å². The van der Waals surface area contributed by atoms with E-state index in [2.05, 4.69) is 20.7 Å². The summed E-state index contributed by atoms with van der Waals surface area (Å²) in [5, 5.41) is 9.30. The molecule has 0 saturated carbocycles. The van der Waals surface area contributed by atoms with E-state index in [1.54, 1.807) is 19.3 Å². The first-order valence-corrected chi connectivity index (χ1v) is 7.98. The molecule has 1 unspecified atom stereocenters. The van der Waals surface area contributed by atoms with Gasteiger partial charge in [-0.2, -0.15) is 0 Å². The number of piperidine rings is 1. The van der Waals surface area contributed by atoms with E-state index in [1.165, 1.54) is 19.3 Å². The van der Waals surface area contributed by atoms with Gasteiger partial charge < -0.3 is 14.3 Å². The fourth-order valence-electron chi connectivity index (χ4n) is 2.90. The molecule has 1 saturated heterocycles. The summed E-state index contributed by atoms with van der Waals surface area (Å²) in [6.07, 6.45) is 5.30. The third-order valence-electron chi connectivity index (χ3n) is 4.03. The zero-order valence-corrected chi connectivity index (χ0v) is 13.2. The number of carbonyl (C=O) groups excluding carboxylic acids is 1. The summed E-state index contributed by atoms with van der Waals surface area (Å²) in [5.74, 6) is 1.94. The van der Waals surface area contributed by atoms with E-state index in [0.29, 0.717) is 18.1 Å². The summed E-state index contributed by atoms with van der Waals surface area (Å²) in [7, 11) is 0. The van der Waals surface area contributed by atoms with E-state index in [1.807, 2.05) is 12.1 Å². The lowest BCUT2D eigenvalue weighted by Crippen LogP contribution is -2.41. The lowest BCUT2D eigenvalue weighted by atomic mass is 10.1. The monoisotopic (exact) mass is 318 g/mol. The number of amides is 2. The van der Waals surface area contributed by atoms with E-state index in [0.717, 1.165) is 18.8 Å². The molecule has 1 fully saturated rings. The van der Waals surface area contributed by atoms with Gasteiger partial charge in [0, 0.05) is 12.6 Å². The number of urea groups is 1. The summed E-state index contributed by atoms with van der Waals surface area (Å²) in [6, 6.07) is 5.26. The van der Waals surface area contributed by atoms with Crippen LogP contribution in [0.1, 0.15) is 36.8 Å². The Morgan fingerprint density at radius 3 is 2.87 bits per heavy atom. The quantitative estimate of drug-likeness (QED) is 0.885. The van der Waals surface area contributed by atoms with Crippen molar-refractivity contribution in [1.82, 2.24) is 15.4 Å². The lowest BCUT2D eigenvalue weighted by molar-refractivity contribution is 0.144. The molecule has 1 aliphatic heterocycles. The average molecular weight is 318 g/mol. The number of nitrogens with one attached hydrogen (secondary N) is 2. The van der Waals surface area contributed by atoms with Crippen molar-refractivity contribution in [3.05, 3.63) is 36.0 Å². The number of rotatable bonds is 5. The first-order valence-electron chi connectivity index (χ1n) is 7.98. The van der Waals surface area contributed by atoms with Crippen LogP contribution in [-0.4, -0.2) is 35.7 Å². The molecule has 23 heavy (non-hydrogen) atoms. The van der Waals surface area contributed by atoms with E-state index in [9.17, 15) is 4.79 Å². The highest BCUT2D eigenvalue weighted by atomic mass is 16.5. The molecule has 7 nitrogen and oxygen atoms in total. The predicted octanol–water partition coefficient (Wildman–Crippen LogP) is 2.92. The number of furan rings is 1. The van der Waals surface area contributed by atoms with E-state index >= 15 is 0 Å². The van der Waals surface area contributed by atoms with Crippen LogP contribution in [0.3, 0.4) is 0 Å². The maximum atomic E-state index is 12.0. The Kier molecular flexibility index (Phi) is 4.97. The third-order valence-corrected chi connectivity index (χ3v) is 4.03. The molecular weight excluding hydrogens is 296 g/mol. The van der Waals surface area contributed by atoms with Crippen molar-refractivity contribution >= 4 is 11.8 Å². The fourth-order valence-corrected chi connectivity index (χ4v) is 2.90. The standard InChI is InChI=1S/C16H22N4O3/c1-12-10-15(19-23-12)18-16(21)17-11-13(14-6-5-9-22-14)20-7-3-2-4-8-20/h5-6,9-10,13H,2-4,7-8,11H2,1H3,(H2,17,18,19,21). The van der Waals surface area contributed by atoms with Gasteiger partial charge in [-0.25, -0.2) is 4.79 Å². The highest BCUT2D eigenvalue weighted by Crippen LogP contribution is 2.24. The average Bonchev–Trinajstić information content (AvgIpc) is 3.21. The summed E-state index contributed by atoms with van der Waals surface area (Å²) in [5.41, 5.74) is 0. The van der Waals surface area contributed by atoms with Crippen LogP contribution in [-0.2, 0) is 0 Å². The van der Waals surface area contributed by atoms with E-state index in [4.69, 9.17) is 8.94 Å². The number of nitrogens with zero attached hydrogens (tertiary/aromatic N) is 2. The molecule has 0 aliphatic carbocycles. The van der Waals surface area contributed by atoms with Gasteiger partial charge in [0.05, 0.1) is 12.3 Å². The second-order valence-electron chi connectivity index (χ2n) is 5.79. The van der Waals surface area contributed by atoms with Crippen molar-refractivity contribution in [3.8, 4) is 0 Å². The molecule has 3 rings (SSSR count). The molecule has 3 heterocycles. The molecule has 2 aromatic rings. The molecule has 0 spiro atoms. The van der Waals surface area contributed by atoms with Gasteiger partial charge in [0.15, 0.2) is 5.82 Å². The predicted molar refractivity (Wildman–Crippen MR) is 85.1 cm³/mol. The Balaban J connectivity index is 1.58. The van der Waals surface area contributed by atoms with Gasteiger partial charge in [0.25, 0.3) is 0 Å². The highest BCUT2D eigenvalue weighted by Gasteiger charge is 2.24. The van der Waals surface area contributed by atoms with Gasteiger partial charge in [-0.3, -0.25) is 10.2 Å². The van der Waals surface area contributed by atoms with Crippen LogP contribution >= 0.6 is 0 Å². The smallest absolute Gasteiger partial charge is 0.320 e. The minimum absolute atomic E-state index is 0.0510. The van der Waals surface area contributed by atoms with Crippen molar-refractivity contribution in [1.29, 1.82) is 0 Å². The van der Waals surface area contributed by atoms with Crippen LogP contribution in [0.15, 0.2) is 33.4 Å². The summed E-state index contributed by atoms with van der Waals surface area (Å²) >= 11 is 0. The number of carbonyl (C=O) groups is 1. The van der Waals surface area contributed by atoms with Crippen LogP contribution in [0.5, 0.6) is 0 Å². The lowest BCUT2D eigenvalue weighted by Gasteiger charge is -2.33. The molecule has 0 radical (unpaired) electrons. The molecule has 1 aliphatic rings. The normalized spacial score (nSPS) is 16.9. The van der Waals surface area contributed by atoms with Crippen molar-refractivity contribution in [3.63, 3.8) is 0 Å². The van der Waals surface area contributed by atoms with Crippen molar-refractivity contribution < 1.29 is 13.7 Å². The SMILES string of the molecule is Cc1cc(NC(=O)NCC(c2ccco2)N2CCCCC2)no1. The molecule has 0 bridgehead atoms. The maximum absolute atomic E-state index is 12.0. The summed E-state index contributed by atoms with van der Waals surface area (Å²) < 4.78 is 10.5. The molecule has 1 atom stereocenters. The minimum atomic E-state index is -0.299. The van der Waals surface area contributed by atoms with Gasteiger partial charge in [-0.1, -0.05) is 11.6 Å². The zero-order chi connectivity index (χ0) is 16.1. The van der Waals surface area contributed by atoms with E-state index in [-0.39, 0.29) is 12.1 Å². The van der Waals surface area contributed by atoms with Crippen LogP contribution < -0.4 is 10.6 Å². The molecule has 2 amide bonds. The first-order chi connectivity index (χ1) is 11.2. The number of likely N-dealkylation sites (tertiary alicyclic amines) is 1. The first kappa shape index (κ1) is 15.6. The van der Waals surface area contributed by atoms with Gasteiger partial charge in [0.2, 0.25) is 0 Å². The highest BCUT2D eigenvalue weighted by molar-refractivity contribution is 5.88. The van der Waals surface area contributed by atoms with Crippen LogP contribution in [0, 0.1) is 6.92 Å². The topological polar surface area (TPSA) is 83.5 Å². The van der Waals surface area contributed by atoms with E-state index < -0.39 is 0 Å². The van der Waals surface area contributed by atoms with Crippen molar-refractivity contribution in [2.75, 3.05) is 25.0 Å². The van der Waals surface area contributed by atoms with Gasteiger partial charge in [-0.05, 0) is 45.0 Å². The number of hydrogen-bond donors (Lipinski definition) is 2. The van der Waals surface area contributed by atoms with Gasteiger partial charge in [0.1, 0.15) is 11.5 Å². The fraction of sp³-hybridized carbons (Fsp3) is 0.500. The Morgan fingerprint density at radius 2 is 2.22 bits per heavy atom. The number of aromatic nitrogens is 1. The van der Waals surface area contributed by atoms with Crippen LogP contribution in [0.25, 0.3) is 0 Å². The van der Waals surface area contributed by atoms with Crippen LogP contribution in [0.4, 0.5) is 10.6 Å². The number of anilines is 1. The number of aryl methyl sites for hydroxylation is 1. The maximum Gasteiger partial charge on any atom is 0.320 e. The Bertz CT molecular complexity index is 617. The second kappa shape index (κ2) is 7.32. The largest absolute Gasteiger partial charge is 0.468 e. The third kappa shape index (κ3) is 4.13. The molecule has 0 aromatic carbocycles. The zero-order valence-electron chi connectivity index (χ0n) is 13.2. The van der Waals surface area contributed by atoms with Gasteiger partial charge in [-0.15, -0.1) is 0 Å². The Morgan fingerprint density at radius 1 is 1.39 bits per heavy atom. The molecule has 124 valence electrons. The second-order valence-corrected chi connectivity index (χ2v) is 5.79. The van der Waals surface area contributed by atoms with Gasteiger partial charge >= 0.3 is 6.03 Å². The van der Waals surface area contributed by atoms with Crippen LogP contribution in [0.2, 0.25) is 0 Å². The molecule has 2 aromatic heterocycles. The van der Waals surface area contributed by atoms with Crippen molar-refractivity contribution in [2.24, 2.45) is 0 Å². The number of hydrogen-bond acceptors (Lipinski definition) is 5.